The predicted octanol–water partition coefficient (Wildman–Crippen LogP) is 3.34. The van der Waals surface area contributed by atoms with Crippen molar-refractivity contribution < 1.29 is 13.2 Å². The summed E-state index contributed by atoms with van der Waals surface area (Å²) < 4.78 is 37.5. The van der Waals surface area contributed by atoms with Crippen LogP contribution >= 0.6 is 11.3 Å². The molecule has 7 heteroatoms. The van der Waals surface area contributed by atoms with Gasteiger partial charge in [0.1, 0.15) is 0 Å². The molecule has 1 fully saturated rings. The number of hydrogen-bond acceptors (Lipinski definition) is 4. The number of piperazine rings is 1. The Labute approximate surface area is 142 Å². The summed E-state index contributed by atoms with van der Waals surface area (Å²) in [4.78, 5) is 8.80. The van der Waals surface area contributed by atoms with Crippen LogP contribution in [0.5, 0.6) is 0 Å². The van der Waals surface area contributed by atoms with E-state index in [-0.39, 0.29) is 0 Å². The zero-order chi connectivity index (χ0) is 17.0. The summed E-state index contributed by atoms with van der Waals surface area (Å²) in [6.45, 7) is 4.25. The molecule has 2 aromatic rings. The Morgan fingerprint density at radius 2 is 1.79 bits per heavy atom. The van der Waals surface area contributed by atoms with Gasteiger partial charge in [-0.3, -0.25) is 4.90 Å². The molecule has 126 valence electrons. The lowest BCUT2D eigenvalue weighted by Gasteiger charge is -2.33. The smallest absolute Gasteiger partial charge is 0.346 e. The molecule has 1 aromatic heterocycles. The standard InChI is InChI=1S/C17H16F3N3S/c18-17(19,20)15-5-3-14(4-6-15)2-1-8-22-9-11-23(12-10-22)16-21-7-13-24-16/h3-7,13H,8-12H2. The second-order valence-corrected chi connectivity index (χ2v) is 6.33. The highest BCUT2D eigenvalue weighted by atomic mass is 32.1. The Morgan fingerprint density at radius 3 is 2.38 bits per heavy atom. The first-order valence-corrected chi connectivity index (χ1v) is 8.43. The first-order chi connectivity index (χ1) is 11.5. The molecular formula is C17H16F3N3S. The van der Waals surface area contributed by atoms with Crippen LogP contribution in [-0.2, 0) is 6.18 Å². The van der Waals surface area contributed by atoms with E-state index in [1.165, 1.54) is 12.1 Å². The van der Waals surface area contributed by atoms with Crippen LogP contribution in [0.2, 0.25) is 0 Å². The molecule has 0 atom stereocenters. The Hall–Kier alpha value is -2.04. The van der Waals surface area contributed by atoms with Gasteiger partial charge in [0.2, 0.25) is 0 Å². The van der Waals surface area contributed by atoms with Crippen molar-refractivity contribution in [1.29, 1.82) is 0 Å². The summed E-state index contributed by atoms with van der Waals surface area (Å²) in [5.41, 5.74) is -0.0456. The second-order valence-electron chi connectivity index (χ2n) is 5.45. The topological polar surface area (TPSA) is 19.4 Å². The van der Waals surface area contributed by atoms with Crippen molar-refractivity contribution in [2.45, 2.75) is 6.18 Å². The zero-order valence-corrected chi connectivity index (χ0v) is 13.7. The quantitative estimate of drug-likeness (QED) is 0.774. The molecule has 1 saturated heterocycles. The summed E-state index contributed by atoms with van der Waals surface area (Å²) in [7, 11) is 0. The van der Waals surface area contributed by atoms with Gasteiger partial charge in [0.05, 0.1) is 12.1 Å². The molecule has 0 spiro atoms. The second kappa shape index (κ2) is 7.24. The fourth-order valence-corrected chi connectivity index (χ4v) is 3.16. The molecule has 24 heavy (non-hydrogen) atoms. The maximum absolute atomic E-state index is 12.5. The van der Waals surface area contributed by atoms with Crippen molar-refractivity contribution >= 4 is 16.5 Å². The van der Waals surface area contributed by atoms with Gasteiger partial charge in [-0.2, -0.15) is 13.2 Å². The molecule has 0 N–H and O–H groups in total. The van der Waals surface area contributed by atoms with Crippen molar-refractivity contribution in [1.82, 2.24) is 9.88 Å². The van der Waals surface area contributed by atoms with Crippen molar-refractivity contribution in [3.63, 3.8) is 0 Å². The van der Waals surface area contributed by atoms with Gasteiger partial charge >= 0.3 is 6.18 Å². The summed E-state index contributed by atoms with van der Waals surface area (Å²) in [5, 5.41) is 3.02. The molecule has 1 aliphatic heterocycles. The minimum Gasteiger partial charge on any atom is -0.346 e. The van der Waals surface area contributed by atoms with Crippen molar-refractivity contribution in [3.05, 3.63) is 47.0 Å². The number of rotatable bonds is 2. The summed E-state index contributed by atoms with van der Waals surface area (Å²) >= 11 is 1.64. The van der Waals surface area contributed by atoms with E-state index in [1.54, 1.807) is 11.3 Å². The fourth-order valence-electron chi connectivity index (χ4n) is 2.47. The molecule has 3 rings (SSSR count). The number of alkyl halides is 3. The van der Waals surface area contributed by atoms with E-state index in [0.717, 1.165) is 43.4 Å². The fraction of sp³-hybridized carbons (Fsp3) is 0.353. The van der Waals surface area contributed by atoms with Gasteiger partial charge in [-0.25, -0.2) is 4.98 Å². The van der Waals surface area contributed by atoms with Gasteiger partial charge in [0.25, 0.3) is 0 Å². The molecule has 0 amide bonds. The van der Waals surface area contributed by atoms with Crippen molar-refractivity contribution in [3.8, 4) is 11.8 Å². The predicted molar refractivity (Wildman–Crippen MR) is 89.1 cm³/mol. The average molecular weight is 351 g/mol. The van der Waals surface area contributed by atoms with E-state index >= 15 is 0 Å². The van der Waals surface area contributed by atoms with Crippen LogP contribution in [0, 0.1) is 11.8 Å². The molecule has 0 aliphatic carbocycles. The highest BCUT2D eigenvalue weighted by Gasteiger charge is 2.29. The molecule has 0 bridgehead atoms. The van der Waals surface area contributed by atoms with E-state index < -0.39 is 11.7 Å². The molecule has 0 saturated carbocycles. The number of aromatic nitrogens is 1. The van der Waals surface area contributed by atoms with Crippen LogP contribution in [0.15, 0.2) is 35.8 Å². The van der Waals surface area contributed by atoms with Gasteiger partial charge in [0, 0.05) is 43.3 Å². The van der Waals surface area contributed by atoms with Crippen LogP contribution in [0.4, 0.5) is 18.3 Å². The van der Waals surface area contributed by atoms with Crippen LogP contribution in [0.3, 0.4) is 0 Å². The number of halogens is 3. The van der Waals surface area contributed by atoms with Gasteiger partial charge < -0.3 is 4.90 Å². The maximum atomic E-state index is 12.5. The number of nitrogens with zero attached hydrogens (tertiary/aromatic N) is 3. The van der Waals surface area contributed by atoms with Crippen LogP contribution < -0.4 is 4.90 Å². The van der Waals surface area contributed by atoms with E-state index in [4.69, 9.17) is 0 Å². The Kier molecular flexibility index (Phi) is 5.07. The molecule has 0 radical (unpaired) electrons. The van der Waals surface area contributed by atoms with Crippen molar-refractivity contribution in [2.24, 2.45) is 0 Å². The highest BCUT2D eigenvalue weighted by Crippen LogP contribution is 2.28. The minimum atomic E-state index is -4.30. The Morgan fingerprint density at radius 1 is 1.08 bits per heavy atom. The van der Waals surface area contributed by atoms with E-state index in [9.17, 15) is 13.2 Å². The summed E-state index contributed by atoms with van der Waals surface area (Å²) in [6.07, 6.45) is -2.50. The van der Waals surface area contributed by atoms with E-state index in [2.05, 4.69) is 26.6 Å². The SMILES string of the molecule is FC(F)(F)c1ccc(C#CCN2CCN(c3nccs3)CC2)cc1. The lowest BCUT2D eigenvalue weighted by molar-refractivity contribution is -0.137. The van der Waals surface area contributed by atoms with Crippen LogP contribution in [-0.4, -0.2) is 42.6 Å². The zero-order valence-electron chi connectivity index (χ0n) is 12.9. The summed E-state index contributed by atoms with van der Waals surface area (Å²) in [6, 6.07) is 4.96. The minimum absolute atomic E-state index is 0.601. The van der Waals surface area contributed by atoms with Crippen molar-refractivity contribution in [2.75, 3.05) is 37.6 Å². The normalized spacial score (nSPS) is 15.9. The molecule has 2 heterocycles. The number of anilines is 1. The molecule has 1 aliphatic rings. The first kappa shape index (κ1) is 16.8. The van der Waals surface area contributed by atoms with E-state index in [1.807, 2.05) is 11.6 Å². The molecule has 1 aromatic carbocycles. The van der Waals surface area contributed by atoms with Gasteiger partial charge in [-0.1, -0.05) is 11.8 Å². The monoisotopic (exact) mass is 351 g/mol. The van der Waals surface area contributed by atoms with Crippen LogP contribution in [0.1, 0.15) is 11.1 Å². The highest BCUT2D eigenvalue weighted by molar-refractivity contribution is 7.13. The van der Waals surface area contributed by atoms with Crippen LogP contribution in [0.25, 0.3) is 0 Å². The summed E-state index contributed by atoms with van der Waals surface area (Å²) in [5.74, 6) is 5.97. The average Bonchev–Trinajstić information content (AvgIpc) is 3.10. The largest absolute Gasteiger partial charge is 0.416 e. The van der Waals surface area contributed by atoms with E-state index in [0.29, 0.717) is 12.1 Å². The lowest BCUT2D eigenvalue weighted by atomic mass is 10.1. The molecular weight excluding hydrogens is 335 g/mol. The third kappa shape index (κ3) is 4.28. The van der Waals surface area contributed by atoms with Gasteiger partial charge in [-0.15, -0.1) is 11.3 Å². The number of hydrogen-bond donors (Lipinski definition) is 0. The first-order valence-electron chi connectivity index (χ1n) is 7.55. The molecule has 3 nitrogen and oxygen atoms in total. The Balaban J connectivity index is 1.50. The Bertz CT molecular complexity index is 706. The lowest BCUT2D eigenvalue weighted by Crippen LogP contribution is -2.46. The van der Waals surface area contributed by atoms with Gasteiger partial charge in [-0.05, 0) is 24.3 Å². The maximum Gasteiger partial charge on any atom is 0.416 e. The third-order valence-corrected chi connectivity index (χ3v) is 4.64. The van der Waals surface area contributed by atoms with Gasteiger partial charge in [0.15, 0.2) is 5.13 Å². The number of thiazole rings is 1. The number of benzene rings is 1. The third-order valence-electron chi connectivity index (χ3n) is 3.81. The molecule has 0 unspecified atom stereocenters.